The molecule has 60 heavy (non-hydrogen) atoms. The third kappa shape index (κ3) is 8.13. The van der Waals surface area contributed by atoms with E-state index in [0.717, 1.165) is 92.2 Å². The highest BCUT2D eigenvalue weighted by Crippen LogP contribution is 2.36. The molecule has 7 heterocycles. The fourth-order valence-electron chi connectivity index (χ4n) is 8.93. The van der Waals surface area contributed by atoms with Crippen molar-refractivity contribution in [2.45, 2.75) is 71.2 Å². The molecule has 9 rings (SSSR count). The number of ether oxygens (including phenoxy) is 2. The maximum absolute atomic E-state index is 13.7. The van der Waals surface area contributed by atoms with Crippen LogP contribution in [0.15, 0.2) is 55.0 Å². The first kappa shape index (κ1) is 39.5. The monoisotopic (exact) mass is 816 g/mol. The molecule has 314 valence electrons. The van der Waals surface area contributed by atoms with Crippen LogP contribution in [0.25, 0.3) is 16.9 Å². The number of hydrogen-bond acceptors (Lipinski definition) is 13. The van der Waals surface area contributed by atoms with E-state index in [4.69, 9.17) is 25.3 Å². The van der Waals surface area contributed by atoms with E-state index < -0.39 is 0 Å². The number of hydrogen-bond donors (Lipinski definition) is 3. The number of phenolic OH excluding ortho intramolecular Hbond substituents is 2. The van der Waals surface area contributed by atoms with Gasteiger partial charge in [-0.15, -0.1) is 5.10 Å². The molecule has 5 aromatic rings. The Morgan fingerprint density at radius 1 is 0.883 bits per heavy atom. The summed E-state index contributed by atoms with van der Waals surface area (Å²) in [6.45, 7) is 11.2. The number of aromatic hydroxyl groups is 2. The summed E-state index contributed by atoms with van der Waals surface area (Å²) >= 11 is 0. The van der Waals surface area contributed by atoms with Gasteiger partial charge in [0.05, 0.1) is 24.3 Å². The molecule has 16 heteroatoms. The first-order valence-electron chi connectivity index (χ1n) is 21.0. The zero-order chi connectivity index (χ0) is 41.5. The minimum atomic E-state index is -0.277. The maximum Gasteiger partial charge on any atom is 0.258 e. The van der Waals surface area contributed by atoms with Crippen LogP contribution in [0.1, 0.15) is 78.1 Å². The summed E-state index contributed by atoms with van der Waals surface area (Å²) in [4.78, 5) is 48.8. The summed E-state index contributed by atoms with van der Waals surface area (Å²) in [5.74, 6) is 2.08. The molecule has 0 bridgehead atoms. The second-order valence-corrected chi connectivity index (χ2v) is 16.7. The maximum atomic E-state index is 13.7. The zero-order valence-corrected chi connectivity index (χ0v) is 34.2. The number of fused-ring (bicyclic) bond motifs is 2. The van der Waals surface area contributed by atoms with Gasteiger partial charge in [-0.05, 0) is 78.4 Å². The number of likely N-dealkylation sites (tertiary alicyclic amines) is 2. The van der Waals surface area contributed by atoms with E-state index in [-0.39, 0.29) is 52.8 Å². The molecule has 0 atom stereocenters. The van der Waals surface area contributed by atoms with Crippen LogP contribution in [0, 0.1) is 5.92 Å². The summed E-state index contributed by atoms with van der Waals surface area (Å²) in [5, 5.41) is 25.6. The van der Waals surface area contributed by atoms with Gasteiger partial charge in [-0.2, -0.15) is 0 Å². The second kappa shape index (κ2) is 16.6. The van der Waals surface area contributed by atoms with Gasteiger partial charge in [-0.25, -0.2) is 19.5 Å². The van der Waals surface area contributed by atoms with Crippen molar-refractivity contribution in [3.63, 3.8) is 0 Å². The summed E-state index contributed by atoms with van der Waals surface area (Å²) < 4.78 is 13.9. The van der Waals surface area contributed by atoms with E-state index in [0.29, 0.717) is 56.3 Å². The smallest absolute Gasteiger partial charge is 0.258 e. The van der Waals surface area contributed by atoms with E-state index in [2.05, 4.69) is 32.0 Å². The van der Waals surface area contributed by atoms with Crippen molar-refractivity contribution < 1.29 is 29.3 Å². The van der Waals surface area contributed by atoms with Crippen molar-refractivity contribution in [3.05, 3.63) is 82.8 Å². The highest BCUT2D eigenvalue weighted by atomic mass is 16.5. The highest BCUT2D eigenvalue weighted by molar-refractivity contribution is 5.97. The van der Waals surface area contributed by atoms with Gasteiger partial charge in [0.15, 0.2) is 11.6 Å². The van der Waals surface area contributed by atoms with Crippen LogP contribution in [0.5, 0.6) is 17.2 Å². The van der Waals surface area contributed by atoms with E-state index in [1.807, 2.05) is 41.5 Å². The average molecular weight is 817 g/mol. The Morgan fingerprint density at radius 2 is 1.62 bits per heavy atom. The lowest BCUT2D eigenvalue weighted by Crippen LogP contribution is -2.46. The van der Waals surface area contributed by atoms with Crippen LogP contribution in [0.4, 0.5) is 11.8 Å². The standard InChI is InChI=1S/C44H52N10O6/c1-27(2)35-19-36(39(56)20-38(35)55)43(58)53-25-30-3-4-34(18-31(30)26-53)60-33-7-11-52(12-8-33)42(57)29-5-9-50(10-6-29)23-28-17-37-41(51-13-15-59-16-14-51)48-40(49-54(37)24-28)32-21-46-44(45)47-22-32/h3-4,17-22,24,27,29,33,55-56H,5-16,23,25-26H2,1-2H3,(H2,45,46,47). The Bertz CT molecular complexity index is 2380. The van der Waals surface area contributed by atoms with Gasteiger partial charge >= 0.3 is 0 Å². The number of benzene rings is 2. The van der Waals surface area contributed by atoms with Crippen molar-refractivity contribution in [2.24, 2.45) is 5.92 Å². The molecule has 0 spiro atoms. The normalized spacial score (nSPS) is 18.1. The number of rotatable bonds is 9. The van der Waals surface area contributed by atoms with E-state index >= 15 is 0 Å². The fourth-order valence-corrected chi connectivity index (χ4v) is 8.93. The zero-order valence-electron chi connectivity index (χ0n) is 34.2. The summed E-state index contributed by atoms with van der Waals surface area (Å²) in [5.41, 5.74) is 11.4. The van der Waals surface area contributed by atoms with Crippen molar-refractivity contribution in [1.82, 2.24) is 39.3 Å². The van der Waals surface area contributed by atoms with Gasteiger partial charge < -0.3 is 40.1 Å². The molecule has 4 aliphatic rings. The van der Waals surface area contributed by atoms with Gasteiger partial charge in [-0.1, -0.05) is 19.9 Å². The number of nitrogens with two attached hydrogens (primary N) is 1. The quantitative estimate of drug-likeness (QED) is 0.188. The number of carbonyl (C=O) groups is 2. The summed E-state index contributed by atoms with van der Waals surface area (Å²) in [6.07, 6.45) is 8.52. The average Bonchev–Trinajstić information content (AvgIpc) is 3.88. The van der Waals surface area contributed by atoms with E-state index in [1.54, 1.807) is 23.4 Å². The molecule has 0 aliphatic carbocycles. The molecule has 0 radical (unpaired) electrons. The van der Waals surface area contributed by atoms with Gasteiger partial charge in [0, 0.05) is 89.2 Å². The molecule has 16 nitrogen and oxygen atoms in total. The Hall–Kier alpha value is -6.00. The van der Waals surface area contributed by atoms with Gasteiger partial charge in [-0.3, -0.25) is 14.5 Å². The SMILES string of the molecule is CC(C)c1cc(C(=O)N2Cc3ccc(OC4CCN(C(=O)C5CCN(Cc6cc7c(N8CCOCC8)nc(-c8cnc(N)nc8)nn7c6)CC5)CC4)cc3C2)c(O)cc1O. The number of anilines is 2. The van der Waals surface area contributed by atoms with Crippen LogP contribution < -0.4 is 15.4 Å². The number of morpholine rings is 1. The van der Waals surface area contributed by atoms with E-state index in [9.17, 15) is 19.8 Å². The number of amides is 2. The molecule has 4 aliphatic heterocycles. The van der Waals surface area contributed by atoms with E-state index in [1.165, 1.54) is 6.07 Å². The lowest BCUT2D eigenvalue weighted by Gasteiger charge is -2.37. The Kier molecular flexibility index (Phi) is 10.9. The Balaban J connectivity index is 0.766. The van der Waals surface area contributed by atoms with Gasteiger partial charge in [0.1, 0.15) is 28.9 Å². The molecule has 2 amide bonds. The van der Waals surface area contributed by atoms with Crippen molar-refractivity contribution in [1.29, 1.82) is 0 Å². The molecule has 0 saturated carbocycles. The first-order valence-corrected chi connectivity index (χ1v) is 21.0. The number of carbonyl (C=O) groups excluding carboxylic acids is 2. The third-order valence-electron chi connectivity index (χ3n) is 12.3. The largest absolute Gasteiger partial charge is 0.508 e. The molecule has 3 aromatic heterocycles. The number of piperidine rings is 2. The molecule has 4 N–H and O–H groups in total. The second-order valence-electron chi connectivity index (χ2n) is 16.7. The Morgan fingerprint density at radius 3 is 2.35 bits per heavy atom. The van der Waals surface area contributed by atoms with Crippen LogP contribution >= 0.6 is 0 Å². The molecule has 0 unspecified atom stereocenters. The molecule has 3 saturated heterocycles. The van der Waals surface area contributed by atoms with Crippen LogP contribution in [-0.4, -0.2) is 120 Å². The number of phenols is 2. The molecular weight excluding hydrogens is 765 g/mol. The number of nitrogens with zero attached hydrogens (tertiary/aromatic N) is 9. The minimum absolute atomic E-state index is 0.00114. The van der Waals surface area contributed by atoms with Gasteiger partial charge in [0.2, 0.25) is 11.9 Å². The summed E-state index contributed by atoms with van der Waals surface area (Å²) in [6, 6.07) is 11.0. The van der Waals surface area contributed by atoms with Crippen molar-refractivity contribution in [2.75, 3.05) is 63.1 Å². The van der Waals surface area contributed by atoms with Crippen LogP contribution in [0.3, 0.4) is 0 Å². The van der Waals surface area contributed by atoms with Crippen molar-refractivity contribution in [3.8, 4) is 28.6 Å². The lowest BCUT2D eigenvalue weighted by atomic mass is 9.94. The fraction of sp³-hybridized carbons (Fsp3) is 0.455. The number of nitrogen functional groups attached to an aromatic ring is 1. The molecule has 3 fully saturated rings. The minimum Gasteiger partial charge on any atom is -0.508 e. The predicted octanol–water partition coefficient (Wildman–Crippen LogP) is 4.58. The first-order chi connectivity index (χ1) is 29.1. The predicted molar refractivity (Wildman–Crippen MR) is 224 cm³/mol. The van der Waals surface area contributed by atoms with Crippen LogP contribution in [-0.2, 0) is 29.2 Å². The molecular formula is C44H52N10O6. The van der Waals surface area contributed by atoms with Crippen molar-refractivity contribution >= 4 is 29.1 Å². The lowest BCUT2D eigenvalue weighted by molar-refractivity contribution is -0.139. The highest BCUT2D eigenvalue weighted by Gasteiger charge is 2.33. The van der Waals surface area contributed by atoms with Crippen LogP contribution in [0.2, 0.25) is 0 Å². The molecule has 2 aromatic carbocycles. The third-order valence-corrected chi connectivity index (χ3v) is 12.3. The summed E-state index contributed by atoms with van der Waals surface area (Å²) in [7, 11) is 0. The Labute approximate surface area is 348 Å². The topological polar surface area (TPSA) is 188 Å². The van der Waals surface area contributed by atoms with Gasteiger partial charge in [0.25, 0.3) is 5.91 Å². The number of aromatic nitrogens is 5.